The van der Waals surface area contributed by atoms with Crippen molar-refractivity contribution < 1.29 is 4.92 Å². The molecule has 0 amide bonds. The molecule has 18 heavy (non-hydrogen) atoms. The van der Waals surface area contributed by atoms with E-state index in [4.69, 9.17) is 5.73 Å². The smallest absolute Gasteiger partial charge is 0.292 e. The van der Waals surface area contributed by atoms with Crippen molar-refractivity contribution in [3.05, 3.63) is 58.1 Å². The SMILES string of the molecule is Cc1ccc(Nc2ccc(N)cc2)c([N+](=O)[O-])c1. The molecule has 0 saturated carbocycles. The van der Waals surface area contributed by atoms with Gasteiger partial charge in [0.15, 0.2) is 0 Å². The van der Waals surface area contributed by atoms with E-state index in [2.05, 4.69) is 5.32 Å². The van der Waals surface area contributed by atoms with Gasteiger partial charge in [-0.15, -0.1) is 0 Å². The number of nitro groups is 1. The molecule has 3 N–H and O–H groups in total. The Morgan fingerprint density at radius 3 is 2.44 bits per heavy atom. The van der Waals surface area contributed by atoms with Crippen molar-refractivity contribution in [2.75, 3.05) is 11.1 Å². The number of nitrogens with two attached hydrogens (primary N) is 1. The van der Waals surface area contributed by atoms with Gasteiger partial charge in [0.05, 0.1) is 4.92 Å². The van der Waals surface area contributed by atoms with Crippen molar-refractivity contribution in [3.8, 4) is 0 Å². The lowest BCUT2D eigenvalue weighted by Gasteiger charge is -2.07. The van der Waals surface area contributed by atoms with Crippen LogP contribution in [0.3, 0.4) is 0 Å². The van der Waals surface area contributed by atoms with Crippen LogP contribution in [0, 0.1) is 17.0 Å². The topological polar surface area (TPSA) is 81.2 Å². The first kappa shape index (κ1) is 11.9. The molecule has 0 aliphatic carbocycles. The molecular formula is C13H13N3O2. The van der Waals surface area contributed by atoms with E-state index in [1.165, 1.54) is 0 Å². The third-order valence-electron chi connectivity index (χ3n) is 2.54. The predicted molar refractivity (Wildman–Crippen MR) is 72.0 cm³/mol. The van der Waals surface area contributed by atoms with Crippen LogP contribution in [0.5, 0.6) is 0 Å². The molecule has 0 heterocycles. The van der Waals surface area contributed by atoms with Crippen LogP contribution in [0.15, 0.2) is 42.5 Å². The first-order valence-corrected chi connectivity index (χ1v) is 5.44. The molecule has 0 aliphatic rings. The molecule has 0 atom stereocenters. The van der Waals surface area contributed by atoms with Crippen LogP contribution in [0.4, 0.5) is 22.7 Å². The Morgan fingerprint density at radius 1 is 1.17 bits per heavy atom. The summed E-state index contributed by atoms with van der Waals surface area (Å²) in [6, 6.07) is 12.1. The Labute approximate surface area is 104 Å². The second kappa shape index (κ2) is 4.75. The van der Waals surface area contributed by atoms with E-state index in [1.807, 2.05) is 13.0 Å². The number of rotatable bonds is 3. The lowest BCUT2D eigenvalue weighted by Crippen LogP contribution is -1.97. The Kier molecular flexibility index (Phi) is 3.14. The van der Waals surface area contributed by atoms with Crippen molar-refractivity contribution in [1.82, 2.24) is 0 Å². The van der Waals surface area contributed by atoms with Crippen molar-refractivity contribution in [2.45, 2.75) is 6.92 Å². The van der Waals surface area contributed by atoms with Crippen LogP contribution < -0.4 is 11.1 Å². The van der Waals surface area contributed by atoms with Gasteiger partial charge in [0.1, 0.15) is 5.69 Å². The van der Waals surface area contributed by atoms with E-state index in [9.17, 15) is 10.1 Å². The standard InChI is InChI=1S/C13H13N3O2/c1-9-2-7-12(13(8-9)16(17)18)15-11-5-3-10(14)4-6-11/h2-8,15H,14H2,1H3. The highest BCUT2D eigenvalue weighted by Crippen LogP contribution is 2.28. The van der Waals surface area contributed by atoms with Gasteiger partial charge >= 0.3 is 0 Å². The van der Waals surface area contributed by atoms with Crippen LogP contribution in [-0.2, 0) is 0 Å². The lowest BCUT2D eigenvalue weighted by atomic mass is 10.2. The molecule has 0 saturated heterocycles. The molecule has 2 aromatic rings. The largest absolute Gasteiger partial charge is 0.399 e. The summed E-state index contributed by atoms with van der Waals surface area (Å²) in [6.07, 6.45) is 0. The van der Waals surface area contributed by atoms with Crippen molar-refractivity contribution in [1.29, 1.82) is 0 Å². The summed E-state index contributed by atoms with van der Waals surface area (Å²) in [5.74, 6) is 0. The Balaban J connectivity index is 2.34. The number of hydrogen-bond donors (Lipinski definition) is 2. The average molecular weight is 243 g/mol. The van der Waals surface area contributed by atoms with Gasteiger partial charge < -0.3 is 11.1 Å². The first-order valence-electron chi connectivity index (χ1n) is 5.44. The molecular weight excluding hydrogens is 230 g/mol. The van der Waals surface area contributed by atoms with Crippen LogP contribution in [0.25, 0.3) is 0 Å². The molecule has 0 spiro atoms. The maximum atomic E-state index is 11.0. The van der Waals surface area contributed by atoms with Gasteiger partial charge in [-0.1, -0.05) is 6.07 Å². The zero-order chi connectivity index (χ0) is 13.1. The zero-order valence-electron chi connectivity index (χ0n) is 9.88. The molecule has 0 fully saturated rings. The van der Waals surface area contributed by atoms with Crippen molar-refractivity contribution in [3.63, 3.8) is 0 Å². The fourth-order valence-corrected chi connectivity index (χ4v) is 1.62. The van der Waals surface area contributed by atoms with Crippen LogP contribution >= 0.6 is 0 Å². The molecule has 92 valence electrons. The van der Waals surface area contributed by atoms with E-state index in [-0.39, 0.29) is 5.69 Å². The summed E-state index contributed by atoms with van der Waals surface area (Å²) in [5.41, 5.74) is 8.38. The van der Waals surface area contributed by atoms with Gasteiger partial charge in [-0.25, -0.2) is 0 Å². The monoisotopic (exact) mass is 243 g/mol. The second-order valence-electron chi connectivity index (χ2n) is 4.02. The summed E-state index contributed by atoms with van der Waals surface area (Å²) in [4.78, 5) is 10.6. The van der Waals surface area contributed by atoms with E-state index in [0.717, 1.165) is 11.3 Å². The number of nitrogens with zero attached hydrogens (tertiary/aromatic N) is 1. The third-order valence-corrected chi connectivity index (χ3v) is 2.54. The number of nitrogens with one attached hydrogen (secondary N) is 1. The molecule has 0 bridgehead atoms. The van der Waals surface area contributed by atoms with Gasteiger partial charge in [-0.05, 0) is 42.8 Å². The van der Waals surface area contributed by atoms with E-state index >= 15 is 0 Å². The minimum Gasteiger partial charge on any atom is -0.399 e. The maximum absolute atomic E-state index is 11.0. The fourth-order valence-electron chi connectivity index (χ4n) is 1.62. The number of hydrogen-bond acceptors (Lipinski definition) is 4. The highest BCUT2D eigenvalue weighted by Gasteiger charge is 2.13. The molecule has 0 aromatic heterocycles. The minimum absolute atomic E-state index is 0.0619. The number of anilines is 3. The Bertz CT molecular complexity index is 579. The molecule has 2 rings (SSSR count). The van der Waals surface area contributed by atoms with Gasteiger partial charge in [0, 0.05) is 17.4 Å². The maximum Gasteiger partial charge on any atom is 0.292 e. The summed E-state index contributed by atoms with van der Waals surface area (Å²) < 4.78 is 0. The number of nitro benzene ring substituents is 1. The Morgan fingerprint density at radius 2 is 1.83 bits per heavy atom. The Hall–Kier alpha value is -2.56. The van der Waals surface area contributed by atoms with Gasteiger partial charge in [0.25, 0.3) is 5.69 Å². The molecule has 0 unspecified atom stereocenters. The number of aryl methyl sites for hydroxylation is 1. The summed E-state index contributed by atoms with van der Waals surface area (Å²) in [7, 11) is 0. The van der Waals surface area contributed by atoms with Crippen LogP contribution in [0.2, 0.25) is 0 Å². The second-order valence-corrected chi connectivity index (χ2v) is 4.02. The van der Waals surface area contributed by atoms with Crippen molar-refractivity contribution >= 4 is 22.7 Å². The normalized spacial score (nSPS) is 10.1. The highest BCUT2D eigenvalue weighted by molar-refractivity contribution is 5.70. The lowest BCUT2D eigenvalue weighted by molar-refractivity contribution is -0.384. The third kappa shape index (κ3) is 2.57. The number of nitrogen functional groups attached to an aromatic ring is 1. The van der Waals surface area contributed by atoms with E-state index in [1.54, 1.807) is 36.4 Å². The van der Waals surface area contributed by atoms with Gasteiger partial charge in [0.2, 0.25) is 0 Å². The molecule has 5 heteroatoms. The molecule has 0 radical (unpaired) electrons. The summed E-state index contributed by atoms with van der Waals surface area (Å²) in [5, 5.41) is 14.0. The fraction of sp³-hybridized carbons (Fsp3) is 0.0769. The molecule has 0 aliphatic heterocycles. The quantitative estimate of drug-likeness (QED) is 0.492. The zero-order valence-corrected chi connectivity index (χ0v) is 9.88. The molecule has 5 nitrogen and oxygen atoms in total. The van der Waals surface area contributed by atoms with E-state index in [0.29, 0.717) is 11.4 Å². The van der Waals surface area contributed by atoms with Crippen molar-refractivity contribution in [2.24, 2.45) is 0 Å². The average Bonchev–Trinajstić information content (AvgIpc) is 2.34. The summed E-state index contributed by atoms with van der Waals surface area (Å²) >= 11 is 0. The highest BCUT2D eigenvalue weighted by atomic mass is 16.6. The summed E-state index contributed by atoms with van der Waals surface area (Å²) in [6.45, 7) is 1.82. The minimum atomic E-state index is -0.396. The molecule has 2 aromatic carbocycles. The van der Waals surface area contributed by atoms with Gasteiger partial charge in [-0.2, -0.15) is 0 Å². The first-order chi connectivity index (χ1) is 8.56. The van der Waals surface area contributed by atoms with Crippen LogP contribution in [-0.4, -0.2) is 4.92 Å². The van der Waals surface area contributed by atoms with E-state index < -0.39 is 4.92 Å². The number of benzene rings is 2. The van der Waals surface area contributed by atoms with Crippen LogP contribution in [0.1, 0.15) is 5.56 Å². The van der Waals surface area contributed by atoms with Gasteiger partial charge in [-0.3, -0.25) is 10.1 Å². The predicted octanol–water partition coefficient (Wildman–Crippen LogP) is 3.23.